The van der Waals surface area contributed by atoms with E-state index in [4.69, 9.17) is 10.5 Å². The second-order valence-corrected chi connectivity index (χ2v) is 5.46. The van der Waals surface area contributed by atoms with Crippen molar-refractivity contribution in [2.45, 2.75) is 44.4 Å². The number of hydrogen-bond acceptors (Lipinski definition) is 2. The number of benzene rings is 1. The maximum absolute atomic E-state index is 13.0. The SMILES string of the molecule is NC1CCCC(OCc2ccc(F)c(Br)c2)C1. The lowest BCUT2D eigenvalue weighted by molar-refractivity contribution is 0.0122. The van der Waals surface area contributed by atoms with E-state index in [1.165, 1.54) is 6.07 Å². The fraction of sp³-hybridized carbons (Fsp3) is 0.538. The van der Waals surface area contributed by atoms with Crippen molar-refractivity contribution in [2.24, 2.45) is 5.73 Å². The van der Waals surface area contributed by atoms with E-state index in [1.807, 2.05) is 0 Å². The summed E-state index contributed by atoms with van der Waals surface area (Å²) < 4.78 is 19.3. The number of ether oxygens (including phenoxy) is 1. The molecule has 1 aromatic rings. The third-order valence-electron chi connectivity index (χ3n) is 3.14. The smallest absolute Gasteiger partial charge is 0.137 e. The van der Waals surface area contributed by atoms with Crippen LogP contribution >= 0.6 is 15.9 Å². The Labute approximate surface area is 109 Å². The summed E-state index contributed by atoms with van der Waals surface area (Å²) in [5.41, 5.74) is 6.88. The van der Waals surface area contributed by atoms with Gasteiger partial charge in [0.25, 0.3) is 0 Å². The molecule has 2 atom stereocenters. The minimum atomic E-state index is -0.242. The molecule has 1 aliphatic carbocycles. The fourth-order valence-corrected chi connectivity index (χ4v) is 2.60. The first-order valence-electron chi connectivity index (χ1n) is 5.96. The standard InChI is InChI=1S/C13H17BrFNO/c14-12-6-9(4-5-13(12)15)8-17-11-3-1-2-10(16)7-11/h4-6,10-11H,1-3,7-8,16H2. The molecule has 1 fully saturated rings. The van der Waals surface area contributed by atoms with Crippen LogP contribution in [-0.4, -0.2) is 12.1 Å². The third-order valence-corrected chi connectivity index (χ3v) is 3.74. The van der Waals surface area contributed by atoms with Gasteiger partial charge in [0.15, 0.2) is 0 Å². The molecular weight excluding hydrogens is 285 g/mol. The van der Waals surface area contributed by atoms with Gasteiger partial charge in [0.05, 0.1) is 17.2 Å². The van der Waals surface area contributed by atoms with E-state index >= 15 is 0 Å². The molecule has 2 N–H and O–H groups in total. The van der Waals surface area contributed by atoms with Crippen LogP contribution in [0, 0.1) is 5.82 Å². The molecule has 94 valence electrons. The molecule has 0 aromatic heterocycles. The molecule has 2 unspecified atom stereocenters. The molecule has 1 aliphatic rings. The van der Waals surface area contributed by atoms with E-state index in [-0.39, 0.29) is 18.0 Å². The quantitative estimate of drug-likeness (QED) is 0.929. The minimum Gasteiger partial charge on any atom is -0.373 e. The first-order chi connectivity index (χ1) is 8.15. The zero-order valence-electron chi connectivity index (χ0n) is 9.66. The second kappa shape index (κ2) is 5.94. The molecule has 0 aliphatic heterocycles. The lowest BCUT2D eigenvalue weighted by atomic mass is 9.93. The average Bonchev–Trinajstić information content (AvgIpc) is 2.31. The number of halogens is 2. The van der Waals surface area contributed by atoms with Gasteiger partial charge in [-0.05, 0) is 59.3 Å². The first-order valence-corrected chi connectivity index (χ1v) is 6.75. The lowest BCUT2D eigenvalue weighted by Gasteiger charge is -2.26. The van der Waals surface area contributed by atoms with Crippen molar-refractivity contribution >= 4 is 15.9 Å². The van der Waals surface area contributed by atoms with Gasteiger partial charge in [-0.3, -0.25) is 0 Å². The third kappa shape index (κ3) is 3.76. The van der Waals surface area contributed by atoms with Gasteiger partial charge in [-0.2, -0.15) is 0 Å². The van der Waals surface area contributed by atoms with Crippen LogP contribution in [0.2, 0.25) is 0 Å². The van der Waals surface area contributed by atoms with Crippen LogP contribution in [0.15, 0.2) is 22.7 Å². The van der Waals surface area contributed by atoms with Gasteiger partial charge in [-0.1, -0.05) is 6.07 Å². The van der Waals surface area contributed by atoms with Crippen molar-refractivity contribution in [3.8, 4) is 0 Å². The molecule has 0 saturated heterocycles. The van der Waals surface area contributed by atoms with Crippen LogP contribution in [-0.2, 0) is 11.3 Å². The molecule has 2 rings (SSSR count). The van der Waals surface area contributed by atoms with E-state index in [1.54, 1.807) is 12.1 Å². The normalized spacial score (nSPS) is 24.9. The molecule has 1 saturated carbocycles. The van der Waals surface area contributed by atoms with Gasteiger partial charge in [-0.15, -0.1) is 0 Å². The van der Waals surface area contributed by atoms with Crippen molar-refractivity contribution in [2.75, 3.05) is 0 Å². The molecule has 0 heterocycles. The summed E-state index contributed by atoms with van der Waals surface area (Å²) in [4.78, 5) is 0. The largest absolute Gasteiger partial charge is 0.373 e. The van der Waals surface area contributed by atoms with E-state index < -0.39 is 0 Å². The Kier molecular flexibility index (Phi) is 4.54. The van der Waals surface area contributed by atoms with Crippen LogP contribution in [0.4, 0.5) is 4.39 Å². The molecular formula is C13H17BrFNO. The Bertz CT molecular complexity index is 386. The Morgan fingerprint density at radius 3 is 2.94 bits per heavy atom. The summed E-state index contributed by atoms with van der Waals surface area (Å²) in [6.07, 6.45) is 4.50. The Balaban J connectivity index is 1.86. The number of hydrogen-bond donors (Lipinski definition) is 1. The summed E-state index contributed by atoms with van der Waals surface area (Å²) in [5.74, 6) is -0.242. The van der Waals surface area contributed by atoms with E-state index in [9.17, 15) is 4.39 Å². The van der Waals surface area contributed by atoms with Crippen LogP contribution in [0.1, 0.15) is 31.2 Å². The van der Waals surface area contributed by atoms with Crippen molar-refractivity contribution in [1.82, 2.24) is 0 Å². The van der Waals surface area contributed by atoms with Crippen LogP contribution in [0.3, 0.4) is 0 Å². The van der Waals surface area contributed by atoms with Gasteiger partial charge in [-0.25, -0.2) is 4.39 Å². The number of rotatable bonds is 3. The van der Waals surface area contributed by atoms with Crippen molar-refractivity contribution in [1.29, 1.82) is 0 Å². The van der Waals surface area contributed by atoms with Crippen LogP contribution < -0.4 is 5.73 Å². The Hall–Kier alpha value is -0.450. The van der Waals surface area contributed by atoms with Crippen molar-refractivity contribution < 1.29 is 9.13 Å². The average molecular weight is 302 g/mol. The minimum absolute atomic E-state index is 0.242. The van der Waals surface area contributed by atoms with Crippen molar-refractivity contribution in [3.05, 3.63) is 34.1 Å². The maximum Gasteiger partial charge on any atom is 0.137 e. The molecule has 17 heavy (non-hydrogen) atoms. The van der Waals surface area contributed by atoms with Crippen molar-refractivity contribution in [3.63, 3.8) is 0 Å². The lowest BCUT2D eigenvalue weighted by Crippen LogP contribution is -2.32. The van der Waals surface area contributed by atoms with Gasteiger partial charge >= 0.3 is 0 Å². The predicted octanol–water partition coefficient (Wildman–Crippen LogP) is 3.37. The molecule has 1 aromatic carbocycles. The summed E-state index contributed by atoms with van der Waals surface area (Å²) in [6, 6.07) is 5.24. The van der Waals surface area contributed by atoms with E-state index in [0.717, 1.165) is 31.2 Å². The van der Waals surface area contributed by atoms with E-state index in [2.05, 4.69) is 15.9 Å². The van der Waals surface area contributed by atoms with Gasteiger partial charge in [0, 0.05) is 6.04 Å². The fourth-order valence-electron chi connectivity index (χ4n) is 2.18. The highest BCUT2D eigenvalue weighted by Gasteiger charge is 2.19. The number of nitrogens with two attached hydrogens (primary N) is 1. The van der Waals surface area contributed by atoms with Gasteiger partial charge < -0.3 is 10.5 Å². The summed E-state index contributed by atoms with van der Waals surface area (Å²) in [6.45, 7) is 0.524. The molecule has 0 radical (unpaired) electrons. The van der Waals surface area contributed by atoms with Crippen LogP contribution in [0.25, 0.3) is 0 Å². The monoisotopic (exact) mass is 301 g/mol. The van der Waals surface area contributed by atoms with E-state index in [0.29, 0.717) is 11.1 Å². The zero-order chi connectivity index (χ0) is 12.3. The van der Waals surface area contributed by atoms with Gasteiger partial charge in [0.1, 0.15) is 5.82 Å². The second-order valence-electron chi connectivity index (χ2n) is 4.61. The molecule has 4 heteroatoms. The zero-order valence-corrected chi connectivity index (χ0v) is 11.2. The Morgan fingerprint density at radius 1 is 1.41 bits per heavy atom. The summed E-state index contributed by atoms with van der Waals surface area (Å²) in [5, 5.41) is 0. The summed E-state index contributed by atoms with van der Waals surface area (Å²) >= 11 is 3.17. The highest BCUT2D eigenvalue weighted by Crippen LogP contribution is 2.22. The summed E-state index contributed by atoms with van der Waals surface area (Å²) in [7, 11) is 0. The first kappa shape index (κ1) is 13.0. The Morgan fingerprint density at radius 2 is 2.24 bits per heavy atom. The molecule has 0 amide bonds. The predicted molar refractivity (Wildman–Crippen MR) is 69.1 cm³/mol. The topological polar surface area (TPSA) is 35.2 Å². The molecule has 0 bridgehead atoms. The highest BCUT2D eigenvalue weighted by molar-refractivity contribution is 9.10. The maximum atomic E-state index is 13.0. The highest BCUT2D eigenvalue weighted by atomic mass is 79.9. The van der Waals surface area contributed by atoms with Crippen LogP contribution in [0.5, 0.6) is 0 Å². The van der Waals surface area contributed by atoms with Gasteiger partial charge in [0.2, 0.25) is 0 Å². The molecule has 0 spiro atoms. The molecule has 2 nitrogen and oxygen atoms in total.